The van der Waals surface area contributed by atoms with E-state index in [1.807, 2.05) is 6.07 Å². The van der Waals surface area contributed by atoms with Crippen molar-refractivity contribution in [3.8, 4) is 6.07 Å². The van der Waals surface area contributed by atoms with Crippen LogP contribution in [0.1, 0.15) is 39.0 Å². The highest BCUT2D eigenvalue weighted by Crippen LogP contribution is 2.23. The summed E-state index contributed by atoms with van der Waals surface area (Å²) in [7, 11) is 0. The van der Waals surface area contributed by atoms with Gasteiger partial charge in [-0.05, 0) is 30.7 Å². The van der Waals surface area contributed by atoms with Crippen molar-refractivity contribution in [2.45, 2.75) is 19.4 Å². The van der Waals surface area contributed by atoms with Gasteiger partial charge in [-0.1, -0.05) is 12.1 Å². The number of nitriles is 1. The molecule has 26 heavy (non-hydrogen) atoms. The number of pyridine rings is 1. The van der Waals surface area contributed by atoms with Crippen molar-refractivity contribution in [1.29, 1.82) is 5.26 Å². The molecule has 2 aromatic rings. The molecule has 1 N–H and O–H groups in total. The third-order valence-corrected chi connectivity index (χ3v) is 4.20. The number of hydrogen-bond acceptors (Lipinski definition) is 5. The number of carbonyl (C=O) groups is 1. The molecule has 1 saturated heterocycles. The lowest BCUT2D eigenvalue weighted by atomic mass is 10.0. The average Bonchev–Trinajstić information content (AvgIpc) is 2.62. The molecule has 1 aliphatic heterocycles. The number of carbonyl (C=O) groups excluding carboxylic acids is 1. The van der Waals surface area contributed by atoms with Gasteiger partial charge in [0.1, 0.15) is 17.6 Å². The molecule has 1 atom stereocenters. The highest BCUT2D eigenvalue weighted by molar-refractivity contribution is 5.95. The van der Waals surface area contributed by atoms with Crippen LogP contribution in [0.2, 0.25) is 0 Å². The third kappa shape index (κ3) is 4.44. The Morgan fingerprint density at radius 1 is 1.42 bits per heavy atom. The first-order chi connectivity index (χ1) is 12.1. The maximum absolute atomic E-state index is 14.4. The largest absolute Gasteiger partial charge is 0.371 e. The van der Waals surface area contributed by atoms with Gasteiger partial charge in [0.05, 0.1) is 24.0 Å². The summed E-state index contributed by atoms with van der Waals surface area (Å²) in [5, 5.41) is 12.1. The lowest BCUT2D eigenvalue weighted by Crippen LogP contribution is -2.33. The molecule has 0 spiro atoms. The average molecular weight is 376 g/mol. The van der Waals surface area contributed by atoms with E-state index in [-0.39, 0.29) is 42.2 Å². The van der Waals surface area contributed by atoms with Gasteiger partial charge >= 0.3 is 0 Å². The highest BCUT2D eigenvalue weighted by Gasteiger charge is 2.20. The van der Waals surface area contributed by atoms with Crippen molar-refractivity contribution < 1.29 is 13.9 Å². The molecule has 0 unspecified atom stereocenters. The third-order valence-electron chi connectivity index (χ3n) is 4.20. The van der Waals surface area contributed by atoms with Gasteiger partial charge in [0, 0.05) is 25.1 Å². The normalized spacial score (nSPS) is 16.4. The van der Waals surface area contributed by atoms with Crippen molar-refractivity contribution in [3.63, 3.8) is 0 Å². The quantitative estimate of drug-likeness (QED) is 0.831. The van der Waals surface area contributed by atoms with Crippen LogP contribution >= 0.6 is 12.4 Å². The predicted octanol–water partition coefficient (Wildman–Crippen LogP) is 2.91. The Morgan fingerprint density at radius 3 is 2.85 bits per heavy atom. The first-order valence-electron chi connectivity index (χ1n) is 8.10. The van der Waals surface area contributed by atoms with Crippen LogP contribution in [-0.2, 0) is 11.2 Å². The summed E-state index contributed by atoms with van der Waals surface area (Å²) in [6.07, 6.45) is -0.249. The number of aryl methyl sites for hydroxylation is 1. The first-order valence-corrected chi connectivity index (χ1v) is 8.10. The van der Waals surface area contributed by atoms with Crippen LogP contribution in [-0.4, -0.2) is 30.5 Å². The lowest BCUT2D eigenvalue weighted by molar-refractivity contribution is 0.0255. The van der Waals surface area contributed by atoms with E-state index in [9.17, 15) is 9.18 Å². The number of aromatic nitrogens is 1. The van der Waals surface area contributed by atoms with Crippen molar-refractivity contribution >= 4 is 18.2 Å². The number of halogens is 2. The minimum absolute atomic E-state index is 0. The molecule has 0 saturated carbocycles. The number of benzene rings is 1. The molecule has 0 aliphatic carbocycles. The second kappa shape index (κ2) is 8.86. The van der Waals surface area contributed by atoms with Crippen molar-refractivity contribution in [2.75, 3.05) is 19.7 Å². The number of nitrogens with zero attached hydrogens (tertiary/aromatic N) is 2. The zero-order valence-corrected chi connectivity index (χ0v) is 15.1. The fourth-order valence-electron chi connectivity index (χ4n) is 2.82. The van der Waals surface area contributed by atoms with E-state index in [2.05, 4.69) is 10.3 Å². The maximum Gasteiger partial charge on any atom is 0.185 e. The molecule has 7 heteroatoms. The topological polar surface area (TPSA) is 75.0 Å². The summed E-state index contributed by atoms with van der Waals surface area (Å²) in [4.78, 5) is 16.5. The molecule has 2 heterocycles. The molecule has 136 valence electrons. The summed E-state index contributed by atoms with van der Waals surface area (Å²) in [5.74, 6) is -0.585. The Balaban J connectivity index is 0.00000243. The predicted molar refractivity (Wildman–Crippen MR) is 96.9 cm³/mol. The van der Waals surface area contributed by atoms with Gasteiger partial charge in [0.15, 0.2) is 5.78 Å². The van der Waals surface area contributed by atoms with Crippen LogP contribution in [0.4, 0.5) is 4.39 Å². The number of ketones is 1. The van der Waals surface area contributed by atoms with Crippen LogP contribution in [0.15, 0.2) is 30.3 Å². The van der Waals surface area contributed by atoms with Crippen LogP contribution < -0.4 is 5.32 Å². The van der Waals surface area contributed by atoms with Crippen molar-refractivity contribution in [1.82, 2.24) is 10.3 Å². The molecule has 0 amide bonds. The van der Waals surface area contributed by atoms with Gasteiger partial charge in [0.2, 0.25) is 0 Å². The van der Waals surface area contributed by atoms with E-state index in [0.717, 1.165) is 6.54 Å². The van der Waals surface area contributed by atoms with Gasteiger partial charge < -0.3 is 10.1 Å². The molecule has 0 radical (unpaired) electrons. The fraction of sp³-hybridized carbons (Fsp3) is 0.316. The number of hydrogen-bond donors (Lipinski definition) is 1. The van der Waals surface area contributed by atoms with E-state index < -0.39 is 0 Å². The lowest BCUT2D eigenvalue weighted by Gasteiger charge is -2.24. The number of ether oxygens (including phenoxy) is 1. The minimum atomic E-state index is -0.372. The SMILES string of the molecule is Cc1nc(C(=O)Cc2ccc([C@H]3CNCCO3)c(F)c2)ccc1C#N.Cl. The van der Waals surface area contributed by atoms with Gasteiger partial charge in [-0.3, -0.25) is 4.79 Å². The molecule has 5 nitrogen and oxygen atoms in total. The Bertz CT molecular complexity index is 845. The zero-order valence-electron chi connectivity index (χ0n) is 14.3. The van der Waals surface area contributed by atoms with E-state index in [4.69, 9.17) is 10.00 Å². The number of Topliss-reactive ketones (excluding diaryl/α,β-unsaturated/α-hetero) is 1. The number of rotatable bonds is 4. The van der Waals surface area contributed by atoms with E-state index in [0.29, 0.717) is 35.5 Å². The molecule has 1 fully saturated rings. The smallest absolute Gasteiger partial charge is 0.185 e. The summed E-state index contributed by atoms with van der Waals surface area (Å²) in [6.45, 7) is 3.57. The first kappa shape index (κ1) is 20.0. The second-order valence-corrected chi connectivity index (χ2v) is 5.96. The summed E-state index contributed by atoms with van der Waals surface area (Å²) in [5.41, 5.74) is 2.31. The summed E-state index contributed by atoms with van der Waals surface area (Å²) < 4.78 is 19.9. The Morgan fingerprint density at radius 2 is 2.23 bits per heavy atom. The summed E-state index contributed by atoms with van der Waals surface area (Å²) >= 11 is 0. The van der Waals surface area contributed by atoms with E-state index >= 15 is 0 Å². The van der Waals surface area contributed by atoms with E-state index in [1.165, 1.54) is 12.1 Å². The molecule has 3 rings (SSSR count). The Labute approximate surface area is 157 Å². The molecule has 1 aromatic heterocycles. The molecule has 0 bridgehead atoms. The molecular formula is C19H19ClFN3O2. The maximum atomic E-state index is 14.4. The van der Waals surface area contributed by atoms with Crippen LogP contribution in [0, 0.1) is 24.1 Å². The van der Waals surface area contributed by atoms with Crippen LogP contribution in [0.25, 0.3) is 0 Å². The standard InChI is InChI=1S/C19H18FN3O2.ClH/c1-12-14(10-21)3-5-17(23-12)18(24)9-13-2-4-15(16(20)8-13)19-11-22-6-7-25-19;/h2-5,8,19,22H,6-7,9,11H2,1H3;1H/t19-;/m1./s1. The second-order valence-electron chi connectivity index (χ2n) is 5.96. The Hall–Kier alpha value is -2.33. The highest BCUT2D eigenvalue weighted by atomic mass is 35.5. The number of morpholine rings is 1. The minimum Gasteiger partial charge on any atom is -0.371 e. The molecule has 1 aliphatic rings. The van der Waals surface area contributed by atoms with Gasteiger partial charge in [0.25, 0.3) is 0 Å². The van der Waals surface area contributed by atoms with Gasteiger partial charge in [-0.25, -0.2) is 9.37 Å². The van der Waals surface area contributed by atoms with Gasteiger partial charge in [-0.15, -0.1) is 12.4 Å². The van der Waals surface area contributed by atoms with Crippen molar-refractivity contribution in [2.24, 2.45) is 0 Å². The van der Waals surface area contributed by atoms with Crippen LogP contribution in [0.5, 0.6) is 0 Å². The monoisotopic (exact) mass is 375 g/mol. The zero-order chi connectivity index (χ0) is 17.8. The number of nitrogens with one attached hydrogen (secondary N) is 1. The molecular weight excluding hydrogens is 357 g/mol. The molecule has 1 aromatic carbocycles. The van der Waals surface area contributed by atoms with E-state index in [1.54, 1.807) is 25.1 Å². The Kier molecular flexibility index (Phi) is 6.81. The van der Waals surface area contributed by atoms with Crippen LogP contribution in [0.3, 0.4) is 0 Å². The van der Waals surface area contributed by atoms with Crippen molar-refractivity contribution in [3.05, 3.63) is 64.2 Å². The van der Waals surface area contributed by atoms with Gasteiger partial charge in [-0.2, -0.15) is 5.26 Å². The fourth-order valence-corrected chi connectivity index (χ4v) is 2.82. The summed E-state index contributed by atoms with van der Waals surface area (Å²) in [6, 6.07) is 9.91.